The first-order valence-corrected chi connectivity index (χ1v) is 11.1. The van der Waals surface area contributed by atoms with Gasteiger partial charge in [0.05, 0.1) is 12.0 Å². The molecule has 0 saturated heterocycles. The molecular formula is C22H39NNa2O5. The van der Waals surface area contributed by atoms with E-state index in [0.717, 1.165) is 32.1 Å². The van der Waals surface area contributed by atoms with E-state index in [0.29, 0.717) is 12.8 Å². The van der Waals surface area contributed by atoms with Gasteiger partial charge in [-0.2, -0.15) is 0 Å². The van der Waals surface area contributed by atoms with Gasteiger partial charge in [0.2, 0.25) is 0 Å². The molecule has 0 radical (unpaired) electrons. The molecule has 2 atom stereocenters. The Labute approximate surface area is 227 Å². The summed E-state index contributed by atoms with van der Waals surface area (Å²) in [6.07, 6.45) is 12.7. The smallest absolute Gasteiger partial charge is 0.550 e. The molecule has 0 rings (SSSR count). The average molecular weight is 444 g/mol. The van der Waals surface area contributed by atoms with Gasteiger partial charge in [0.1, 0.15) is 5.78 Å². The van der Waals surface area contributed by atoms with Crippen LogP contribution in [-0.4, -0.2) is 29.8 Å². The second-order valence-corrected chi connectivity index (χ2v) is 7.69. The number of aliphatic carboxylic acids is 2. The van der Waals surface area contributed by atoms with E-state index in [1.54, 1.807) is 0 Å². The zero-order valence-electron chi connectivity index (χ0n) is 19.8. The van der Waals surface area contributed by atoms with Gasteiger partial charge in [-0.3, -0.25) is 10.1 Å². The molecular weight excluding hydrogens is 404 g/mol. The minimum absolute atomic E-state index is 0. The molecule has 0 aliphatic carbocycles. The van der Waals surface area contributed by atoms with Crippen LogP contribution in [0.25, 0.3) is 0 Å². The fraction of sp³-hybridized carbons (Fsp3) is 0.864. The Hall–Kier alpha value is 0.570. The van der Waals surface area contributed by atoms with Crippen LogP contribution in [-0.2, 0) is 14.4 Å². The van der Waals surface area contributed by atoms with Crippen molar-refractivity contribution in [1.82, 2.24) is 5.32 Å². The summed E-state index contributed by atoms with van der Waals surface area (Å²) in [5, 5.41) is 24.7. The molecule has 0 aliphatic heterocycles. The third-order valence-electron chi connectivity index (χ3n) is 5.09. The summed E-state index contributed by atoms with van der Waals surface area (Å²) in [6, 6.07) is -1.70. The van der Waals surface area contributed by atoms with Crippen LogP contribution in [0.2, 0.25) is 0 Å². The van der Waals surface area contributed by atoms with Crippen LogP contribution in [0.4, 0.5) is 0 Å². The van der Waals surface area contributed by atoms with E-state index in [4.69, 9.17) is 0 Å². The van der Waals surface area contributed by atoms with Crippen LogP contribution in [0.1, 0.15) is 110 Å². The normalized spacial score (nSPS) is 12.3. The number of ketones is 1. The zero-order chi connectivity index (χ0) is 21.2. The molecule has 0 aromatic heterocycles. The van der Waals surface area contributed by atoms with Crippen molar-refractivity contribution in [3.05, 3.63) is 0 Å². The van der Waals surface area contributed by atoms with Crippen LogP contribution in [0.5, 0.6) is 0 Å². The number of carboxylic acid groups (broad SMARTS) is 2. The number of unbranched alkanes of at least 4 members (excludes halogenated alkanes) is 9. The van der Waals surface area contributed by atoms with Gasteiger partial charge >= 0.3 is 59.1 Å². The van der Waals surface area contributed by atoms with Crippen molar-refractivity contribution >= 4 is 17.7 Å². The summed E-state index contributed by atoms with van der Waals surface area (Å²) in [5.41, 5.74) is 0. The van der Waals surface area contributed by atoms with E-state index >= 15 is 0 Å². The Balaban J connectivity index is -0.00000364. The van der Waals surface area contributed by atoms with Crippen LogP contribution in [0.3, 0.4) is 0 Å². The summed E-state index contributed by atoms with van der Waals surface area (Å²) in [5.74, 6) is -2.67. The Morgan fingerprint density at radius 2 is 1.17 bits per heavy atom. The molecule has 0 heterocycles. The molecule has 164 valence electrons. The van der Waals surface area contributed by atoms with Gasteiger partial charge < -0.3 is 19.8 Å². The monoisotopic (exact) mass is 443 g/mol. The summed E-state index contributed by atoms with van der Waals surface area (Å²) in [7, 11) is 0. The van der Waals surface area contributed by atoms with Gasteiger partial charge in [0, 0.05) is 18.4 Å². The average Bonchev–Trinajstić information content (AvgIpc) is 2.65. The van der Waals surface area contributed by atoms with Gasteiger partial charge in [0.25, 0.3) is 0 Å². The van der Waals surface area contributed by atoms with Crippen molar-refractivity contribution in [2.45, 2.75) is 122 Å². The van der Waals surface area contributed by atoms with Gasteiger partial charge in [0.15, 0.2) is 0 Å². The van der Waals surface area contributed by atoms with Crippen molar-refractivity contribution < 1.29 is 83.7 Å². The zero-order valence-corrected chi connectivity index (χ0v) is 23.8. The SMILES string of the molecule is CCCCCCCCCCCC(=O)C(CCCC)NC(CCC(=O)[O-])C(=O)[O-].[Na+].[Na+]. The van der Waals surface area contributed by atoms with Crippen LogP contribution >= 0.6 is 0 Å². The minimum atomic E-state index is -1.38. The molecule has 0 aliphatic rings. The van der Waals surface area contributed by atoms with Gasteiger partial charge in [-0.15, -0.1) is 0 Å². The third kappa shape index (κ3) is 20.5. The number of hydrogen-bond acceptors (Lipinski definition) is 6. The number of carbonyl (C=O) groups is 3. The summed E-state index contributed by atoms with van der Waals surface area (Å²) in [4.78, 5) is 34.4. The molecule has 0 aromatic rings. The molecule has 2 unspecified atom stereocenters. The molecule has 0 spiro atoms. The number of carboxylic acids is 2. The number of hydrogen-bond donors (Lipinski definition) is 1. The Morgan fingerprint density at radius 1 is 0.667 bits per heavy atom. The van der Waals surface area contributed by atoms with E-state index in [1.807, 2.05) is 6.92 Å². The number of carbonyl (C=O) groups excluding carboxylic acids is 3. The van der Waals surface area contributed by atoms with Crippen molar-refractivity contribution in [2.24, 2.45) is 0 Å². The maximum atomic E-state index is 12.5. The number of nitrogens with one attached hydrogen (secondary N) is 1. The van der Waals surface area contributed by atoms with Crippen LogP contribution in [0, 0.1) is 0 Å². The van der Waals surface area contributed by atoms with Gasteiger partial charge in [-0.25, -0.2) is 0 Å². The Kier molecular flexibility index (Phi) is 28.4. The number of Topliss-reactive ketones (excluding diaryl/α,β-unsaturated/α-hetero) is 1. The van der Waals surface area contributed by atoms with E-state index in [1.165, 1.54) is 38.5 Å². The Bertz CT molecular complexity index is 449. The first kappa shape index (κ1) is 35.2. The topological polar surface area (TPSA) is 109 Å². The van der Waals surface area contributed by atoms with Crippen molar-refractivity contribution in [2.75, 3.05) is 0 Å². The molecule has 0 saturated carbocycles. The third-order valence-corrected chi connectivity index (χ3v) is 5.09. The second-order valence-electron chi connectivity index (χ2n) is 7.69. The van der Waals surface area contributed by atoms with Crippen LogP contribution < -0.4 is 74.6 Å². The van der Waals surface area contributed by atoms with E-state index in [9.17, 15) is 24.6 Å². The quantitative estimate of drug-likeness (QED) is 0.153. The van der Waals surface area contributed by atoms with E-state index in [-0.39, 0.29) is 77.7 Å². The van der Waals surface area contributed by atoms with E-state index in [2.05, 4.69) is 12.2 Å². The summed E-state index contributed by atoms with van der Waals surface area (Å²) >= 11 is 0. The van der Waals surface area contributed by atoms with Crippen molar-refractivity contribution in [3.63, 3.8) is 0 Å². The predicted molar refractivity (Wildman–Crippen MR) is 106 cm³/mol. The first-order valence-electron chi connectivity index (χ1n) is 11.1. The largest absolute Gasteiger partial charge is 1.00 e. The summed E-state index contributed by atoms with van der Waals surface area (Å²) < 4.78 is 0. The molecule has 0 bridgehead atoms. The molecule has 6 nitrogen and oxygen atoms in total. The minimum Gasteiger partial charge on any atom is -0.550 e. The van der Waals surface area contributed by atoms with Crippen molar-refractivity contribution in [3.8, 4) is 0 Å². The maximum Gasteiger partial charge on any atom is 1.00 e. The molecule has 0 amide bonds. The fourth-order valence-electron chi connectivity index (χ4n) is 3.30. The predicted octanol–water partition coefficient (Wildman–Crippen LogP) is -3.72. The summed E-state index contributed by atoms with van der Waals surface area (Å²) in [6.45, 7) is 4.21. The molecule has 8 heteroatoms. The molecule has 0 fully saturated rings. The van der Waals surface area contributed by atoms with E-state index < -0.39 is 24.0 Å². The van der Waals surface area contributed by atoms with Crippen molar-refractivity contribution in [1.29, 1.82) is 0 Å². The van der Waals surface area contributed by atoms with Gasteiger partial charge in [-0.05, 0) is 25.7 Å². The Morgan fingerprint density at radius 3 is 1.63 bits per heavy atom. The second kappa shape index (κ2) is 24.2. The van der Waals surface area contributed by atoms with Crippen LogP contribution in [0.15, 0.2) is 0 Å². The van der Waals surface area contributed by atoms with Gasteiger partial charge in [-0.1, -0.05) is 78.1 Å². The molecule has 0 aromatic carbocycles. The first-order chi connectivity index (χ1) is 13.4. The fourth-order valence-corrected chi connectivity index (χ4v) is 3.30. The standard InChI is InChI=1S/C22H41NO5.2Na/c1-3-5-7-8-9-10-11-12-13-15-20(24)18(14-6-4-2)23-19(22(27)28)16-17-21(25)26;;/h18-19,23H,3-17H2,1-2H3,(H,25,26)(H,27,28);;/q;2*+1/p-2. The number of rotatable bonds is 20. The molecule has 1 N–H and O–H groups in total. The maximum absolute atomic E-state index is 12.5. The molecule has 30 heavy (non-hydrogen) atoms.